The van der Waals surface area contributed by atoms with Gasteiger partial charge in [0.25, 0.3) is 5.56 Å². The quantitative estimate of drug-likeness (QED) is 0.560. The summed E-state index contributed by atoms with van der Waals surface area (Å²) in [5, 5.41) is 14.0. The number of H-pyrrole nitrogens is 1. The first-order chi connectivity index (χ1) is 15.7. The summed E-state index contributed by atoms with van der Waals surface area (Å²) in [5.74, 6) is 0.889. The van der Waals surface area contributed by atoms with Crippen molar-refractivity contribution in [1.29, 1.82) is 0 Å². The van der Waals surface area contributed by atoms with E-state index in [1.165, 1.54) is 24.8 Å². The van der Waals surface area contributed by atoms with Gasteiger partial charge in [0.2, 0.25) is 0 Å². The highest BCUT2D eigenvalue weighted by molar-refractivity contribution is 5.85. The average molecular weight is 451 g/mol. The van der Waals surface area contributed by atoms with Gasteiger partial charge in [-0.2, -0.15) is 0 Å². The molecule has 2 aromatic heterocycles. The maximum Gasteiger partial charge on any atom is 0.252 e. The van der Waals surface area contributed by atoms with Gasteiger partial charge in [0, 0.05) is 23.5 Å². The molecule has 1 aliphatic rings. The van der Waals surface area contributed by atoms with Gasteiger partial charge in [-0.3, -0.25) is 9.69 Å². The highest BCUT2D eigenvalue weighted by Gasteiger charge is 2.34. The minimum Gasteiger partial charge on any atom is -0.321 e. The van der Waals surface area contributed by atoms with Crippen molar-refractivity contribution >= 4 is 10.9 Å². The predicted octanol–water partition coefficient (Wildman–Crippen LogP) is 5.17. The Bertz CT molecular complexity index is 1170. The van der Waals surface area contributed by atoms with E-state index in [9.17, 15) is 4.79 Å². The second kappa shape index (κ2) is 9.37. The molecule has 1 aliphatic carbocycles. The summed E-state index contributed by atoms with van der Waals surface area (Å²) in [6, 6.07) is 6.77. The zero-order valence-electron chi connectivity index (χ0n) is 21.0. The first-order valence-corrected chi connectivity index (χ1v) is 12.4. The van der Waals surface area contributed by atoms with E-state index in [1.54, 1.807) is 0 Å². The molecule has 1 atom stereocenters. The maximum atomic E-state index is 13.2. The maximum absolute atomic E-state index is 13.2. The van der Waals surface area contributed by atoms with Crippen molar-refractivity contribution in [2.24, 2.45) is 0 Å². The van der Waals surface area contributed by atoms with Crippen molar-refractivity contribution in [3.63, 3.8) is 0 Å². The first kappa shape index (κ1) is 23.6. The van der Waals surface area contributed by atoms with Crippen LogP contribution in [0.4, 0.5) is 0 Å². The molecule has 0 amide bonds. The lowest BCUT2D eigenvalue weighted by Gasteiger charge is -2.39. The Morgan fingerprint density at radius 3 is 2.52 bits per heavy atom. The Balaban J connectivity index is 1.79. The molecule has 1 aromatic carbocycles. The van der Waals surface area contributed by atoms with Gasteiger partial charge in [-0.05, 0) is 81.5 Å². The van der Waals surface area contributed by atoms with E-state index in [-0.39, 0.29) is 17.1 Å². The Labute approximate surface area is 196 Å². The zero-order valence-corrected chi connectivity index (χ0v) is 21.0. The lowest BCUT2D eigenvalue weighted by Crippen LogP contribution is -2.42. The fourth-order valence-electron chi connectivity index (χ4n) is 5.28. The van der Waals surface area contributed by atoms with Gasteiger partial charge in [-0.1, -0.05) is 38.3 Å². The molecule has 33 heavy (non-hydrogen) atoms. The Morgan fingerprint density at radius 1 is 1.15 bits per heavy atom. The van der Waals surface area contributed by atoms with Gasteiger partial charge in [0.05, 0.1) is 17.1 Å². The molecule has 1 fully saturated rings. The molecule has 0 radical (unpaired) electrons. The standard InChI is InChI=1S/C26H38N6O/c1-7-22(24-28-29-30-32(24)26(4,5)6)31(20-11-9-8-10-12-20)16-19-15-21-17(2)13-14-18(3)23(21)27-25(19)33/h13-15,20,22H,7-12,16H2,1-6H3,(H,27,33). The number of aryl methyl sites for hydroxylation is 2. The van der Waals surface area contributed by atoms with Crippen LogP contribution in [0.15, 0.2) is 23.0 Å². The lowest BCUT2D eigenvalue weighted by atomic mass is 9.92. The van der Waals surface area contributed by atoms with Crippen LogP contribution >= 0.6 is 0 Å². The SMILES string of the molecule is CCC(c1nnnn1C(C)(C)C)N(Cc1cc2c(C)ccc(C)c2[nH]c1=O)C1CCCCC1. The fourth-order valence-corrected chi connectivity index (χ4v) is 5.28. The normalized spacial score (nSPS) is 16.6. The van der Waals surface area contributed by atoms with Crippen LogP contribution in [0.5, 0.6) is 0 Å². The number of hydrogen-bond donors (Lipinski definition) is 1. The first-order valence-electron chi connectivity index (χ1n) is 12.4. The van der Waals surface area contributed by atoms with Gasteiger partial charge < -0.3 is 4.98 Å². The number of aromatic amines is 1. The van der Waals surface area contributed by atoms with Crippen molar-refractivity contribution in [3.05, 3.63) is 51.1 Å². The summed E-state index contributed by atoms with van der Waals surface area (Å²) in [6.45, 7) is 13.3. The molecular formula is C26H38N6O. The molecule has 0 aliphatic heterocycles. The van der Waals surface area contributed by atoms with E-state index in [1.807, 2.05) is 11.6 Å². The van der Waals surface area contributed by atoms with E-state index in [0.29, 0.717) is 12.6 Å². The third-order valence-corrected chi connectivity index (χ3v) is 7.13. The molecule has 1 N–H and O–H groups in total. The number of benzene rings is 1. The molecule has 0 saturated heterocycles. The van der Waals surface area contributed by atoms with Gasteiger partial charge in [-0.15, -0.1) is 5.10 Å². The third-order valence-electron chi connectivity index (χ3n) is 7.13. The minimum absolute atomic E-state index is 0.00211. The van der Waals surface area contributed by atoms with Gasteiger partial charge in [0.15, 0.2) is 5.82 Å². The van der Waals surface area contributed by atoms with Gasteiger partial charge in [-0.25, -0.2) is 4.68 Å². The molecule has 0 spiro atoms. The number of tetrazole rings is 1. The molecule has 4 rings (SSSR count). The number of fused-ring (bicyclic) bond motifs is 1. The van der Waals surface area contributed by atoms with E-state index in [4.69, 9.17) is 0 Å². The van der Waals surface area contributed by atoms with Crippen molar-refractivity contribution in [2.45, 2.75) is 104 Å². The van der Waals surface area contributed by atoms with Crippen LogP contribution in [0.3, 0.4) is 0 Å². The molecule has 178 valence electrons. The molecule has 1 saturated carbocycles. The number of nitrogens with zero attached hydrogens (tertiary/aromatic N) is 5. The van der Waals surface area contributed by atoms with Crippen molar-refractivity contribution in [3.8, 4) is 0 Å². The summed E-state index contributed by atoms with van der Waals surface area (Å²) in [7, 11) is 0. The number of hydrogen-bond acceptors (Lipinski definition) is 5. The number of aromatic nitrogens is 5. The largest absolute Gasteiger partial charge is 0.321 e. The smallest absolute Gasteiger partial charge is 0.252 e. The van der Waals surface area contributed by atoms with Crippen LogP contribution in [0, 0.1) is 13.8 Å². The Hall–Kier alpha value is -2.54. The van der Waals surface area contributed by atoms with Crippen molar-refractivity contribution in [1.82, 2.24) is 30.1 Å². The highest BCUT2D eigenvalue weighted by Crippen LogP contribution is 2.34. The second-order valence-electron chi connectivity index (χ2n) is 10.6. The third kappa shape index (κ3) is 4.74. The Morgan fingerprint density at radius 2 is 1.85 bits per heavy atom. The Kier molecular flexibility index (Phi) is 6.71. The van der Waals surface area contributed by atoms with Gasteiger partial charge in [0.1, 0.15) is 0 Å². The minimum atomic E-state index is -0.209. The predicted molar refractivity (Wildman–Crippen MR) is 132 cm³/mol. The summed E-state index contributed by atoms with van der Waals surface area (Å²) in [4.78, 5) is 18.9. The van der Waals surface area contributed by atoms with E-state index < -0.39 is 0 Å². The molecule has 0 bridgehead atoms. The van der Waals surface area contributed by atoms with Crippen LogP contribution in [-0.4, -0.2) is 36.1 Å². The van der Waals surface area contributed by atoms with E-state index in [2.05, 4.69) is 78.2 Å². The number of nitrogens with one attached hydrogen (secondary N) is 1. The molecule has 7 nitrogen and oxygen atoms in total. The number of rotatable bonds is 6. The van der Waals surface area contributed by atoms with Crippen LogP contribution in [0.25, 0.3) is 10.9 Å². The average Bonchev–Trinajstić information content (AvgIpc) is 3.28. The van der Waals surface area contributed by atoms with Crippen molar-refractivity contribution in [2.75, 3.05) is 0 Å². The number of pyridine rings is 1. The molecule has 3 aromatic rings. The van der Waals surface area contributed by atoms with Crippen LogP contribution < -0.4 is 5.56 Å². The fraction of sp³-hybridized carbons (Fsp3) is 0.615. The molecular weight excluding hydrogens is 412 g/mol. The van der Waals surface area contributed by atoms with Crippen LogP contribution in [-0.2, 0) is 12.1 Å². The van der Waals surface area contributed by atoms with Crippen LogP contribution in [0.2, 0.25) is 0 Å². The second-order valence-corrected chi connectivity index (χ2v) is 10.6. The van der Waals surface area contributed by atoms with E-state index >= 15 is 0 Å². The monoisotopic (exact) mass is 450 g/mol. The topological polar surface area (TPSA) is 79.7 Å². The molecule has 7 heteroatoms. The zero-order chi connectivity index (χ0) is 23.8. The summed E-state index contributed by atoms with van der Waals surface area (Å²) >= 11 is 0. The molecule has 2 heterocycles. The van der Waals surface area contributed by atoms with Gasteiger partial charge >= 0.3 is 0 Å². The lowest BCUT2D eigenvalue weighted by molar-refractivity contribution is 0.0810. The molecule has 1 unspecified atom stereocenters. The summed E-state index contributed by atoms with van der Waals surface area (Å²) < 4.78 is 1.95. The van der Waals surface area contributed by atoms with Crippen molar-refractivity contribution < 1.29 is 0 Å². The summed E-state index contributed by atoms with van der Waals surface area (Å²) in [5.41, 5.74) is 3.83. The van der Waals surface area contributed by atoms with Crippen LogP contribution in [0.1, 0.15) is 94.8 Å². The summed E-state index contributed by atoms with van der Waals surface area (Å²) in [6.07, 6.45) is 6.93. The highest BCUT2D eigenvalue weighted by atomic mass is 16.1. The van der Waals surface area contributed by atoms with E-state index in [0.717, 1.165) is 47.1 Å².